The molecule has 2 aromatic rings. The molecule has 1 aliphatic carbocycles. The fourth-order valence-corrected chi connectivity index (χ4v) is 2.78. The lowest BCUT2D eigenvalue weighted by Gasteiger charge is -2.25. The van der Waals surface area contributed by atoms with E-state index in [1.54, 1.807) is 38.5 Å². The molecule has 1 heterocycles. The quantitative estimate of drug-likeness (QED) is 0.868. The average Bonchev–Trinajstić information content (AvgIpc) is 2.48. The summed E-state index contributed by atoms with van der Waals surface area (Å²) < 4.78 is 11.8. The number of hydrogen-bond donors (Lipinski definition) is 0. The Morgan fingerprint density at radius 3 is 2.27 bits per heavy atom. The van der Waals surface area contributed by atoms with Crippen LogP contribution in [0.2, 0.25) is 5.15 Å². The molecule has 116 valence electrons. The van der Waals surface area contributed by atoms with Crippen molar-refractivity contribution < 1.29 is 9.47 Å². The second-order valence-electron chi connectivity index (χ2n) is 5.34. The summed E-state index contributed by atoms with van der Waals surface area (Å²) >= 11 is 6.11. The standard InChI is InChI=1S/C16H17ClN2O3/c1-21-12-6-11(7-13(8-12)22-2)19-16(20)14(9-15(17)18-19)10-4-3-5-10/h6-10H,3-5H2,1-2H3. The third-order valence-corrected chi connectivity index (χ3v) is 4.22. The highest BCUT2D eigenvalue weighted by atomic mass is 35.5. The van der Waals surface area contributed by atoms with Crippen molar-refractivity contribution in [1.29, 1.82) is 0 Å². The fourth-order valence-electron chi connectivity index (χ4n) is 2.58. The lowest BCUT2D eigenvalue weighted by Crippen LogP contribution is -2.28. The maximum Gasteiger partial charge on any atom is 0.275 e. The lowest BCUT2D eigenvalue weighted by atomic mass is 9.81. The molecule has 0 atom stereocenters. The van der Waals surface area contributed by atoms with Gasteiger partial charge in [0.1, 0.15) is 11.5 Å². The predicted octanol–water partition coefficient (Wildman–Crippen LogP) is 3.17. The molecule has 3 rings (SSSR count). The minimum atomic E-state index is -0.135. The number of aromatic nitrogens is 2. The van der Waals surface area contributed by atoms with Gasteiger partial charge >= 0.3 is 0 Å². The molecule has 0 amide bonds. The molecular formula is C16H17ClN2O3. The summed E-state index contributed by atoms with van der Waals surface area (Å²) in [6, 6.07) is 6.89. The first-order valence-corrected chi connectivity index (χ1v) is 7.53. The Balaban J connectivity index is 2.15. The van der Waals surface area contributed by atoms with E-state index in [0.29, 0.717) is 22.3 Å². The largest absolute Gasteiger partial charge is 0.497 e. The predicted molar refractivity (Wildman–Crippen MR) is 84.5 cm³/mol. The van der Waals surface area contributed by atoms with Crippen LogP contribution in [-0.2, 0) is 0 Å². The summed E-state index contributed by atoms with van der Waals surface area (Å²) in [5, 5.41) is 4.46. The van der Waals surface area contributed by atoms with E-state index in [0.717, 1.165) is 24.8 Å². The van der Waals surface area contributed by atoms with Crippen LogP contribution in [0.25, 0.3) is 5.69 Å². The van der Waals surface area contributed by atoms with Gasteiger partial charge in [-0.25, -0.2) is 0 Å². The Labute approximate surface area is 133 Å². The van der Waals surface area contributed by atoms with Gasteiger partial charge in [-0.1, -0.05) is 18.0 Å². The van der Waals surface area contributed by atoms with Crippen LogP contribution in [0.3, 0.4) is 0 Å². The van der Waals surface area contributed by atoms with E-state index in [1.165, 1.54) is 4.68 Å². The zero-order chi connectivity index (χ0) is 15.7. The molecule has 1 saturated carbocycles. The molecule has 1 aromatic carbocycles. The van der Waals surface area contributed by atoms with E-state index < -0.39 is 0 Å². The third-order valence-electron chi connectivity index (χ3n) is 4.04. The van der Waals surface area contributed by atoms with Gasteiger partial charge in [0.15, 0.2) is 5.15 Å². The van der Waals surface area contributed by atoms with Crippen molar-refractivity contribution in [3.63, 3.8) is 0 Å². The maximum absolute atomic E-state index is 12.7. The van der Waals surface area contributed by atoms with Gasteiger partial charge in [0.2, 0.25) is 0 Å². The van der Waals surface area contributed by atoms with Gasteiger partial charge in [0.05, 0.1) is 19.9 Å². The van der Waals surface area contributed by atoms with Crippen LogP contribution in [0.15, 0.2) is 29.1 Å². The molecule has 0 N–H and O–H groups in total. The molecule has 22 heavy (non-hydrogen) atoms. The summed E-state index contributed by atoms with van der Waals surface area (Å²) in [6.07, 6.45) is 3.20. The molecule has 0 radical (unpaired) electrons. The number of ether oxygens (including phenoxy) is 2. The molecule has 0 aliphatic heterocycles. The van der Waals surface area contributed by atoms with Crippen molar-refractivity contribution in [2.45, 2.75) is 25.2 Å². The monoisotopic (exact) mass is 320 g/mol. The molecular weight excluding hydrogens is 304 g/mol. The molecule has 1 fully saturated rings. The van der Waals surface area contributed by atoms with Crippen LogP contribution in [0.4, 0.5) is 0 Å². The molecule has 5 nitrogen and oxygen atoms in total. The second kappa shape index (κ2) is 6.01. The molecule has 0 unspecified atom stereocenters. The van der Waals surface area contributed by atoms with Gasteiger partial charge < -0.3 is 9.47 Å². The topological polar surface area (TPSA) is 53.4 Å². The minimum absolute atomic E-state index is 0.135. The first-order valence-electron chi connectivity index (χ1n) is 7.15. The van der Waals surface area contributed by atoms with Gasteiger partial charge in [0.25, 0.3) is 5.56 Å². The van der Waals surface area contributed by atoms with Crippen molar-refractivity contribution in [2.75, 3.05) is 14.2 Å². The van der Waals surface area contributed by atoms with E-state index >= 15 is 0 Å². The molecule has 1 aromatic heterocycles. The van der Waals surface area contributed by atoms with Crippen LogP contribution in [-0.4, -0.2) is 24.0 Å². The van der Waals surface area contributed by atoms with Crippen LogP contribution in [0.1, 0.15) is 30.7 Å². The first kappa shape index (κ1) is 14.9. The Bertz CT molecular complexity index is 731. The summed E-state index contributed by atoms with van der Waals surface area (Å²) in [5.74, 6) is 1.47. The zero-order valence-electron chi connectivity index (χ0n) is 12.5. The summed E-state index contributed by atoms with van der Waals surface area (Å²) in [5.41, 5.74) is 1.17. The van der Waals surface area contributed by atoms with Crippen molar-refractivity contribution in [3.05, 3.63) is 45.3 Å². The summed E-state index contributed by atoms with van der Waals surface area (Å²) in [4.78, 5) is 12.7. The zero-order valence-corrected chi connectivity index (χ0v) is 13.3. The van der Waals surface area contributed by atoms with Crippen molar-refractivity contribution >= 4 is 11.6 Å². The van der Waals surface area contributed by atoms with Gasteiger partial charge in [-0.05, 0) is 24.8 Å². The normalized spacial score (nSPS) is 14.5. The number of methoxy groups -OCH3 is 2. The van der Waals surface area contributed by atoms with Gasteiger partial charge in [-0.2, -0.15) is 9.78 Å². The SMILES string of the molecule is COc1cc(OC)cc(-n2nc(Cl)cc(C3CCC3)c2=O)c1. The van der Waals surface area contributed by atoms with Crippen LogP contribution >= 0.6 is 11.6 Å². The average molecular weight is 321 g/mol. The number of halogens is 1. The van der Waals surface area contributed by atoms with E-state index in [1.807, 2.05) is 0 Å². The van der Waals surface area contributed by atoms with Gasteiger partial charge in [-0.3, -0.25) is 4.79 Å². The Morgan fingerprint density at radius 2 is 1.77 bits per heavy atom. The lowest BCUT2D eigenvalue weighted by molar-refractivity contribution is 0.393. The number of hydrogen-bond acceptors (Lipinski definition) is 4. The summed E-state index contributed by atoms with van der Waals surface area (Å²) in [6.45, 7) is 0. The molecule has 6 heteroatoms. The van der Waals surface area contributed by atoms with Crippen molar-refractivity contribution in [1.82, 2.24) is 9.78 Å². The summed E-state index contributed by atoms with van der Waals surface area (Å²) in [7, 11) is 3.12. The van der Waals surface area contributed by atoms with Gasteiger partial charge in [-0.15, -0.1) is 0 Å². The van der Waals surface area contributed by atoms with E-state index in [9.17, 15) is 4.79 Å². The fraction of sp³-hybridized carbons (Fsp3) is 0.375. The Morgan fingerprint density at radius 1 is 1.14 bits per heavy atom. The number of nitrogens with zero attached hydrogens (tertiary/aromatic N) is 2. The van der Waals surface area contributed by atoms with E-state index in [4.69, 9.17) is 21.1 Å². The third kappa shape index (κ3) is 2.68. The van der Waals surface area contributed by atoms with Crippen LogP contribution in [0, 0.1) is 0 Å². The second-order valence-corrected chi connectivity index (χ2v) is 5.73. The van der Waals surface area contributed by atoms with E-state index in [2.05, 4.69) is 5.10 Å². The van der Waals surface area contributed by atoms with Crippen molar-refractivity contribution in [3.8, 4) is 17.2 Å². The maximum atomic E-state index is 12.7. The molecule has 0 spiro atoms. The highest BCUT2D eigenvalue weighted by Gasteiger charge is 2.24. The van der Waals surface area contributed by atoms with Crippen molar-refractivity contribution in [2.24, 2.45) is 0 Å². The minimum Gasteiger partial charge on any atom is -0.497 e. The molecule has 0 bridgehead atoms. The highest BCUT2D eigenvalue weighted by molar-refractivity contribution is 6.29. The molecule has 0 saturated heterocycles. The van der Waals surface area contributed by atoms with Crippen LogP contribution in [0.5, 0.6) is 11.5 Å². The Hall–Kier alpha value is -2.01. The van der Waals surface area contributed by atoms with E-state index in [-0.39, 0.29) is 11.5 Å². The first-order chi connectivity index (χ1) is 10.6. The number of rotatable bonds is 4. The smallest absolute Gasteiger partial charge is 0.275 e. The highest BCUT2D eigenvalue weighted by Crippen LogP contribution is 2.35. The molecule has 1 aliphatic rings. The number of benzene rings is 1. The van der Waals surface area contributed by atoms with Crippen LogP contribution < -0.4 is 15.0 Å². The van der Waals surface area contributed by atoms with Gasteiger partial charge in [0, 0.05) is 23.8 Å². The Kier molecular flexibility index (Phi) is 4.07.